The first-order valence-corrected chi connectivity index (χ1v) is 6.82. The highest BCUT2D eigenvalue weighted by molar-refractivity contribution is 7.15. The van der Waals surface area contributed by atoms with Crippen LogP contribution in [-0.4, -0.2) is 0 Å². The summed E-state index contributed by atoms with van der Waals surface area (Å²) >= 11 is 0. The molecule has 0 spiro atoms. The lowest BCUT2D eigenvalue weighted by molar-refractivity contribution is 0.529. The highest BCUT2D eigenvalue weighted by Crippen LogP contribution is 2.34. The first-order chi connectivity index (χ1) is 7.16. The second kappa shape index (κ2) is 4.49. The molecule has 0 nitrogen and oxygen atoms in total. The largest absolute Gasteiger partial charge is 0.133 e. The quantitative estimate of drug-likeness (QED) is 0.622. The van der Waals surface area contributed by atoms with Crippen LogP contribution in [0.2, 0.25) is 0 Å². The molecule has 0 amide bonds. The van der Waals surface area contributed by atoms with Crippen LogP contribution in [0, 0.1) is 0 Å². The van der Waals surface area contributed by atoms with Gasteiger partial charge in [-0.1, -0.05) is 59.7 Å². The summed E-state index contributed by atoms with van der Waals surface area (Å²) < 4.78 is 0. The van der Waals surface area contributed by atoms with E-state index >= 15 is 0 Å². The van der Waals surface area contributed by atoms with Crippen molar-refractivity contribution in [3.63, 3.8) is 0 Å². The van der Waals surface area contributed by atoms with Gasteiger partial charge in [-0.3, -0.25) is 0 Å². The molecule has 0 N–H and O–H groups in total. The Morgan fingerprint density at radius 3 is 1.75 bits per heavy atom. The molecule has 1 aromatic rings. The lowest BCUT2D eigenvalue weighted by Crippen LogP contribution is -2.22. The molecule has 1 atom stereocenters. The lowest BCUT2D eigenvalue weighted by atomic mass is 9.75. The van der Waals surface area contributed by atoms with Gasteiger partial charge in [0.25, 0.3) is 0 Å². The van der Waals surface area contributed by atoms with Crippen LogP contribution >= 0.6 is 9.24 Å². The van der Waals surface area contributed by atoms with Crippen LogP contribution in [0.4, 0.5) is 0 Å². The summed E-state index contributed by atoms with van der Waals surface area (Å²) in [6.07, 6.45) is 1.04. The Hall–Kier alpha value is -0.350. The molecule has 0 aliphatic rings. The van der Waals surface area contributed by atoms with Gasteiger partial charge < -0.3 is 0 Å². The maximum absolute atomic E-state index is 2.80. The molecule has 0 aromatic heterocycles. The Labute approximate surface area is 103 Å². The third kappa shape index (κ3) is 3.08. The monoisotopic (exact) mass is 236 g/mol. The highest BCUT2D eigenvalue weighted by atomic mass is 31.0. The summed E-state index contributed by atoms with van der Waals surface area (Å²) in [7, 11) is 2.80. The Morgan fingerprint density at radius 1 is 0.875 bits per heavy atom. The molecule has 0 fully saturated rings. The normalized spacial score (nSPS) is 12.9. The zero-order valence-electron chi connectivity index (χ0n) is 11.5. The van der Waals surface area contributed by atoms with Gasteiger partial charge in [-0.05, 0) is 33.7 Å². The SMILES string of the molecule is CC(C)(C)c1ccc(CP)cc1C(C)(C)C. The van der Waals surface area contributed by atoms with E-state index in [-0.39, 0.29) is 10.8 Å². The number of hydrogen-bond acceptors (Lipinski definition) is 0. The molecular formula is C15H25P. The molecule has 0 radical (unpaired) electrons. The van der Waals surface area contributed by atoms with Crippen molar-refractivity contribution in [2.24, 2.45) is 0 Å². The van der Waals surface area contributed by atoms with E-state index < -0.39 is 0 Å². The van der Waals surface area contributed by atoms with Crippen molar-refractivity contribution in [3.05, 3.63) is 34.9 Å². The number of rotatable bonds is 1. The predicted octanol–water partition coefficient (Wildman–Crippen LogP) is 4.66. The summed E-state index contributed by atoms with van der Waals surface area (Å²) in [5.74, 6) is 0. The van der Waals surface area contributed by atoms with Gasteiger partial charge in [0, 0.05) is 0 Å². The minimum absolute atomic E-state index is 0.221. The lowest BCUT2D eigenvalue weighted by Gasteiger charge is -2.30. The fourth-order valence-corrected chi connectivity index (χ4v) is 2.25. The van der Waals surface area contributed by atoms with Crippen molar-refractivity contribution in [2.75, 3.05) is 0 Å². The van der Waals surface area contributed by atoms with Crippen LogP contribution in [0.15, 0.2) is 18.2 Å². The highest BCUT2D eigenvalue weighted by Gasteiger charge is 2.24. The molecule has 0 aliphatic carbocycles. The Balaban J connectivity index is 3.40. The van der Waals surface area contributed by atoms with Crippen molar-refractivity contribution < 1.29 is 0 Å². The van der Waals surface area contributed by atoms with Crippen LogP contribution in [-0.2, 0) is 17.0 Å². The van der Waals surface area contributed by atoms with E-state index in [0.29, 0.717) is 0 Å². The topological polar surface area (TPSA) is 0 Å². The van der Waals surface area contributed by atoms with E-state index in [1.165, 1.54) is 16.7 Å². The van der Waals surface area contributed by atoms with Crippen LogP contribution in [0.5, 0.6) is 0 Å². The van der Waals surface area contributed by atoms with E-state index in [9.17, 15) is 0 Å². The van der Waals surface area contributed by atoms with Crippen molar-refractivity contribution >= 4 is 9.24 Å². The van der Waals surface area contributed by atoms with Gasteiger partial charge in [0.15, 0.2) is 0 Å². The third-order valence-corrected chi connectivity index (χ3v) is 3.41. The van der Waals surface area contributed by atoms with Crippen molar-refractivity contribution in [3.8, 4) is 0 Å². The minimum atomic E-state index is 0.221. The van der Waals surface area contributed by atoms with Crippen LogP contribution in [0.1, 0.15) is 58.2 Å². The zero-order valence-corrected chi connectivity index (χ0v) is 12.7. The Bertz CT molecular complexity index is 364. The standard InChI is InChI=1S/C15H25P/c1-14(2,3)12-8-7-11(10-16)9-13(12)15(4,5)6/h7-9H,10,16H2,1-6H3. The maximum atomic E-state index is 2.80. The van der Waals surface area contributed by atoms with Crippen LogP contribution < -0.4 is 0 Å². The summed E-state index contributed by atoms with van der Waals surface area (Å²) in [5.41, 5.74) is 4.81. The second-order valence-electron chi connectivity index (χ2n) is 6.58. The van der Waals surface area contributed by atoms with Crippen LogP contribution in [0.3, 0.4) is 0 Å². The van der Waals surface area contributed by atoms with E-state index in [1.54, 1.807) is 0 Å². The van der Waals surface area contributed by atoms with E-state index in [1.807, 2.05) is 0 Å². The van der Waals surface area contributed by atoms with Gasteiger partial charge in [-0.15, -0.1) is 9.24 Å². The molecule has 1 heteroatoms. The molecule has 1 unspecified atom stereocenters. The molecule has 0 saturated carbocycles. The summed E-state index contributed by atoms with van der Waals surface area (Å²) in [4.78, 5) is 0. The predicted molar refractivity (Wildman–Crippen MR) is 77.3 cm³/mol. The molecule has 0 heterocycles. The maximum Gasteiger partial charge on any atom is -0.0128 e. The Morgan fingerprint density at radius 2 is 1.38 bits per heavy atom. The van der Waals surface area contributed by atoms with E-state index in [0.717, 1.165) is 6.16 Å². The van der Waals surface area contributed by atoms with Gasteiger partial charge >= 0.3 is 0 Å². The van der Waals surface area contributed by atoms with E-state index in [2.05, 4.69) is 69.0 Å². The molecule has 1 rings (SSSR count). The Kier molecular flexibility index (Phi) is 3.85. The van der Waals surface area contributed by atoms with Gasteiger partial charge in [0.1, 0.15) is 0 Å². The summed E-state index contributed by atoms with van der Waals surface area (Å²) in [6.45, 7) is 13.8. The molecule has 90 valence electrons. The number of hydrogen-bond donors (Lipinski definition) is 0. The zero-order chi connectivity index (χ0) is 12.6. The molecule has 1 aromatic carbocycles. The van der Waals surface area contributed by atoms with Gasteiger partial charge in [-0.25, -0.2) is 0 Å². The van der Waals surface area contributed by atoms with Crippen molar-refractivity contribution in [2.45, 2.75) is 58.5 Å². The van der Waals surface area contributed by atoms with Gasteiger partial charge in [0.05, 0.1) is 0 Å². The molecule has 0 aliphatic heterocycles. The smallest absolute Gasteiger partial charge is 0.0128 e. The van der Waals surface area contributed by atoms with E-state index in [4.69, 9.17) is 0 Å². The fraction of sp³-hybridized carbons (Fsp3) is 0.600. The van der Waals surface area contributed by atoms with Gasteiger partial charge in [0.2, 0.25) is 0 Å². The summed E-state index contributed by atoms with van der Waals surface area (Å²) in [6, 6.07) is 6.93. The van der Waals surface area contributed by atoms with Gasteiger partial charge in [-0.2, -0.15) is 0 Å². The van der Waals surface area contributed by atoms with Crippen molar-refractivity contribution in [1.82, 2.24) is 0 Å². The third-order valence-electron chi connectivity index (χ3n) is 2.94. The second-order valence-corrected chi connectivity index (χ2v) is 6.99. The first-order valence-electron chi connectivity index (χ1n) is 6.00. The number of benzene rings is 1. The van der Waals surface area contributed by atoms with Crippen molar-refractivity contribution in [1.29, 1.82) is 0 Å². The average Bonchev–Trinajstić information content (AvgIpc) is 2.14. The average molecular weight is 236 g/mol. The molecular weight excluding hydrogens is 211 g/mol. The minimum Gasteiger partial charge on any atom is -0.133 e. The molecule has 16 heavy (non-hydrogen) atoms. The first kappa shape index (κ1) is 13.7. The molecule has 0 saturated heterocycles. The van der Waals surface area contributed by atoms with Crippen LogP contribution in [0.25, 0.3) is 0 Å². The molecule has 0 bridgehead atoms. The summed E-state index contributed by atoms with van der Waals surface area (Å²) in [5, 5.41) is 0. The fourth-order valence-electron chi connectivity index (χ4n) is 1.99.